The van der Waals surface area contributed by atoms with Crippen LogP contribution < -0.4 is 5.32 Å². The molecule has 1 aromatic carbocycles. The van der Waals surface area contributed by atoms with Crippen molar-refractivity contribution in [2.45, 2.75) is 42.9 Å². The number of rotatable bonds is 2. The van der Waals surface area contributed by atoms with Gasteiger partial charge < -0.3 is 15.1 Å². The summed E-state index contributed by atoms with van der Waals surface area (Å²) in [5.41, 5.74) is 1.30. The summed E-state index contributed by atoms with van der Waals surface area (Å²) in [6.45, 7) is 4.70. The molecule has 2 heterocycles. The average molecular weight is 361 g/mol. The van der Waals surface area contributed by atoms with Crippen LogP contribution in [0, 0.1) is 0 Å². The number of nitrogens with zero attached hydrogens (tertiary/aromatic N) is 2. The van der Waals surface area contributed by atoms with Gasteiger partial charge in [0.1, 0.15) is 0 Å². The van der Waals surface area contributed by atoms with Gasteiger partial charge in [0.15, 0.2) is 0 Å². The maximum Gasteiger partial charge on any atom is 0.253 e. The Hall–Kier alpha value is -2.02. The predicted octanol–water partition coefficient (Wildman–Crippen LogP) is 2.20. The highest BCUT2D eigenvalue weighted by Crippen LogP contribution is 2.36. The van der Waals surface area contributed by atoms with E-state index in [9.17, 15) is 14.4 Å². The normalized spacial score (nSPS) is 20.7. The van der Waals surface area contributed by atoms with Crippen molar-refractivity contribution in [2.24, 2.45) is 0 Å². The van der Waals surface area contributed by atoms with Gasteiger partial charge in [-0.25, -0.2) is 0 Å². The molecule has 1 unspecified atom stereocenters. The van der Waals surface area contributed by atoms with Crippen LogP contribution in [-0.2, 0) is 9.59 Å². The van der Waals surface area contributed by atoms with E-state index in [2.05, 4.69) is 5.32 Å². The summed E-state index contributed by atoms with van der Waals surface area (Å²) in [6.07, 6.45) is 1.58. The van der Waals surface area contributed by atoms with E-state index in [1.807, 2.05) is 31.0 Å². The maximum absolute atomic E-state index is 12.8. The molecule has 7 heteroatoms. The zero-order chi connectivity index (χ0) is 18.1. The Kier molecular flexibility index (Phi) is 5.03. The number of benzene rings is 1. The van der Waals surface area contributed by atoms with Gasteiger partial charge in [-0.3, -0.25) is 14.4 Å². The molecule has 0 bridgehead atoms. The van der Waals surface area contributed by atoms with E-state index in [0.717, 1.165) is 17.7 Å². The molecule has 3 amide bonds. The summed E-state index contributed by atoms with van der Waals surface area (Å²) in [5, 5.41) is 2.75. The fraction of sp³-hybridized carbons (Fsp3) is 0.500. The minimum atomic E-state index is -0.119. The summed E-state index contributed by atoms with van der Waals surface area (Å²) >= 11 is 1.51. The molecule has 0 spiro atoms. The Balaban J connectivity index is 1.68. The molecule has 2 aliphatic heterocycles. The van der Waals surface area contributed by atoms with Crippen molar-refractivity contribution >= 4 is 35.2 Å². The van der Waals surface area contributed by atoms with Crippen molar-refractivity contribution in [1.29, 1.82) is 0 Å². The van der Waals surface area contributed by atoms with Crippen molar-refractivity contribution in [3.8, 4) is 0 Å². The van der Waals surface area contributed by atoms with E-state index in [0.29, 0.717) is 24.3 Å². The third-order valence-corrected chi connectivity index (χ3v) is 6.13. The molecular weight excluding hydrogens is 338 g/mol. The lowest BCUT2D eigenvalue weighted by atomic mass is 10.0. The number of fused-ring (bicyclic) bond motifs is 1. The number of thioether (sulfide) groups is 1. The zero-order valence-electron chi connectivity index (χ0n) is 14.7. The summed E-state index contributed by atoms with van der Waals surface area (Å²) in [4.78, 5) is 40.7. The first-order valence-corrected chi connectivity index (χ1v) is 9.39. The van der Waals surface area contributed by atoms with Crippen molar-refractivity contribution in [1.82, 2.24) is 9.80 Å². The minimum Gasteiger partial charge on any atom is -0.343 e. The number of hydrogen-bond donors (Lipinski definition) is 1. The number of carbonyl (C=O) groups excluding carboxylic acids is 3. The molecule has 6 nitrogen and oxygen atoms in total. The molecule has 1 saturated heterocycles. The summed E-state index contributed by atoms with van der Waals surface area (Å²) in [7, 11) is 1.81. The zero-order valence-corrected chi connectivity index (χ0v) is 15.6. The molecule has 25 heavy (non-hydrogen) atoms. The van der Waals surface area contributed by atoms with E-state index in [-0.39, 0.29) is 29.0 Å². The van der Waals surface area contributed by atoms with Gasteiger partial charge in [0, 0.05) is 43.6 Å². The van der Waals surface area contributed by atoms with Gasteiger partial charge in [0.2, 0.25) is 11.8 Å². The Labute approximate surface area is 151 Å². The molecule has 2 aliphatic rings. The second-order valence-corrected chi connectivity index (χ2v) is 8.00. The van der Waals surface area contributed by atoms with Gasteiger partial charge in [0.05, 0.1) is 10.9 Å². The number of amides is 3. The van der Waals surface area contributed by atoms with Gasteiger partial charge in [-0.15, -0.1) is 11.8 Å². The topological polar surface area (TPSA) is 69.7 Å². The largest absolute Gasteiger partial charge is 0.343 e. The van der Waals surface area contributed by atoms with E-state index < -0.39 is 0 Å². The summed E-state index contributed by atoms with van der Waals surface area (Å²) < 4.78 is 0. The van der Waals surface area contributed by atoms with Crippen LogP contribution in [0.15, 0.2) is 23.1 Å². The Morgan fingerprint density at radius 3 is 2.60 bits per heavy atom. The number of carbonyl (C=O) groups is 3. The van der Waals surface area contributed by atoms with Gasteiger partial charge in [-0.1, -0.05) is 0 Å². The second-order valence-electron chi connectivity index (χ2n) is 6.61. The van der Waals surface area contributed by atoms with Crippen LogP contribution >= 0.6 is 11.8 Å². The first-order chi connectivity index (χ1) is 11.9. The molecule has 1 aromatic rings. The van der Waals surface area contributed by atoms with Gasteiger partial charge >= 0.3 is 0 Å². The molecule has 0 radical (unpaired) electrons. The molecular formula is C18H23N3O3S. The lowest BCUT2D eigenvalue weighted by molar-refractivity contribution is -0.130. The highest BCUT2D eigenvalue weighted by molar-refractivity contribution is 8.00. The monoisotopic (exact) mass is 361 g/mol. The molecule has 0 saturated carbocycles. The Morgan fingerprint density at radius 2 is 1.96 bits per heavy atom. The third-order valence-electron chi connectivity index (χ3n) is 4.95. The average Bonchev–Trinajstić information content (AvgIpc) is 2.61. The fourth-order valence-electron chi connectivity index (χ4n) is 3.24. The Bertz CT molecular complexity index is 714. The SMILES string of the molecule is CC(=O)N(C)C1CCN(C(=O)c2ccc3c(c2)NC(=O)C(C)S3)CC1. The maximum atomic E-state index is 12.8. The van der Waals surface area contributed by atoms with Crippen molar-refractivity contribution in [2.75, 3.05) is 25.5 Å². The molecule has 1 fully saturated rings. The van der Waals surface area contributed by atoms with E-state index in [4.69, 9.17) is 0 Å². The third kappa shape index (κ3) is 3.66. The van der Waals surface area contributed by atoms with Crippen molar-refractivity contribution in [3.63, 3.8) is 0 Å². The lowest BCUT2D eigenvalue weighted by Crippen LogP contribution is -2.46. The van der Waals surface area contributed by atoms with Crippen LogP contribution in [-0.4, -0.2) is 59.0 Å². The number of hydrogen-bond acceptors (Lipinski definition) is 4. The van der Waals surface area contributed by atoms with Crippen molar-refractivity contribution in [3.05, 3.63) is 23.8 Å². The molecule has 134 valence electrons. The highest BCUT2D eigenvalue weighted by atomic mass is 32.2. The predicted molar refractivity (Wildman–Crippen MR) is 97.8 cm³/mol. The van der Waals surface area contributed by atoms with Crippen LogP contribution in [0.3, 0.4) is 0 Å². The van der Waals surface area contributed by atoms with Gasteiger partial charge in [-0.2, -0.15) is 0 Å². The van der Waals surface area contributed by atoms with Crippen LogP contribution in [0.1, 0.15) is 37.0 Å². The van der Waals surface area contributed by atoms with Crippen LogP contribution in [0.5, 0.6) is 0 Å². The van der Waals surface area contributed by atoms with Gasteiger partial charge in [-0.05, 0) is 38.0 Å². The smallest absolute Gasteiger partial charge is 0.253 e. The lowest BCUT2D eigenvalue weighted by Gasteiger charge is -2.36. The van der Waals surface area contributed by atoms with Crippen LogP contribution in [0.4, 0.5) is 5.69 Å². The van der Waals surface area contributed by atoms with Crippen LogP contribution in [0.2, 0.25) is 0 Å². The molecule has 1 N–H and O–H groups in total. The van der Waals surface area contributed by atoms with Gasteiger partial charge in [0.25, 0.3) is 5.91 Å². The second kappa shape index (κ2) is 7.07. The highest BCUT2D eigenvalue weighted by Gasteiger charge is 2.28. The standard InChI is InChI=1S/C18H23N3O3S/c1-11-17(23)19-15-10-13(4-5-16(15)25-11)18(24)21-8-6-14(7-9-21)20(3)12(2)22/h4-5,10-11,14H,6-9H2,1-3H3,(H,19,23). The first-order valence-electron chi connectivity index (χ1n) is 8.51. The molecule has 3 rings (SSSR count). The first kappa shape index (κ1) is 17.8. The minimum absolute atomic E-state index is 0.0235. The number of anilines is 1. The van der Waals surface area contributed by atoms with E-state index in [1.165, 1.54) is 11.8 Å². The number of nitrogens with one attached hydrogen (secondary N) is 1. The molecule has 0 aromatic heterocycles. The van der Waals surface area contributed by atoms with Crippen molar-refractivity contribution < 1.29 is 14.4 Å². The summed E-state index contributed by atoms with van der Waals surface area (Å²) in [6, 6.07) is 5.69. The number of piperidine rings is 1. The molecule has 0 aliphatic carbocycles. The Morgan fingerprint density at radius 1 is 1.28 bits per heavy atom. The fourth-order valence-corrected chi connectivity index (χ4v) is 4.17. The van der Waals surface area contributed by atoms with E-state index in [1.54, 1.807) is 17.9 Å². The summed E-state index contributed by atoms with van der Waals surface area (Å²) in [5.74, 6) is 0.00159. The molecule has 1 atom stereocenters. The quantitative estimate of drug-likeness (QED) is 0.877. The number of likely N-dealkylation sites (tertiary alicyclic amines) is 1. The van der Waals surface area contributed by atoms with E-state index >= 15 is 0 Å². The van der Waals surface area contributed by atoms with Crippen LogP contribution in [0.25, 0.3) is 0 Å².